The number of benzene rings is 2. The van der Waals surface area contributed by atoms with Crippen LogP contribution in [-0.4, -0.2) is 37.0 Å². The Morgan fingerprint density at radius 2 is 1.82 bits per heavy atom. The minimum absolute atomic E-state index is 0.147. The molecule has 0 fully saturated rings. The minimum Gasteiger partial charge on any atom is -0.352 e. The molecule has 28 heavy (non-hydrogen) atoms. The van der Waals surface area contributed by atoms with Crippen molar-refractivity contribution in [2.45, 2.75) is 31.7 Å². The van der Waals surface area contributed by atoms with Gasteiger partial charge in [-0.15, -0.1) is 0 Å². The highest BCUT2D eigenvalue weighted by Gasteiger charge is 2.13. The summed E-state index contributed by atoms with van der Waals surface area (Å²) in [7, 11) is -3.51. The molecule has 0 atom stereocenters. The third kappa shape index (κ3) is 4.40. The van der Waals surface area contributed by atoms with Gasteiger partial charge in [-0.25, -0.2) is 18.1 Å². The fourth-order valence-corrected chi connectivity index (χ4v) is 4.12. The molecule has 0 spiro atoms. The lowest BCUT2D eigenvalue weighted by Gasteiger charge is -2.09. The van der Waals surface area contributed by atoms with Crippen LogP contribution < -0.4 is 10.0 Å². The van der Waals surface area contributed by atoms with E-state index in [1.54, 1.807) is 6.92 Å². The van der Waals surface area contributed by atoms with E-state index in [0.29, 0.717) is 18.7 Å². The molecule has 0 unspecified atom stereocenters. The van der Waals surface area contributed by atoms with Gasteiger partial charge in [0.1, 0.15) is 5.82 Å². The van der Waals surface area contributed by atoms with E-state index in [1.807, 2.05) is 31.2 Å². The first-order chi connectivity index (χ1) is 13.4. The molecule has 148 valence electrons. The highest BCUT2D eigenvalue weighted by Crippen LogP contribution is 2.15. The number of carbonyl (C=O) groups excluding carboxylic acids is 1. The molecule has 2 aromatic carbocycles. The summed E-state index contributed by atoms with van der Waals surface area (Å²) in [5.74, 6) is 0.727. The van der Waals surface area contributed by atoms with Crippen LogP contribution in [0.3, 0.4) is 0 Å². The van der Waals surface area contributed by atoms with E-state index in [4.69, 9.17) is 0 Å². The third-order valence-electron chi connectivity index (χ3n) is 4.45. The molecule has 0 radical (unpaired) electrons. The van der Waals surface area contributed by atoms with Crippen LogP contribution in [0.1, 0.15) is 29.5 Å². The van der Waals surface area contributed by atoms with Crippen molar-refractivity contribution in [1.82, 2.24) is 19.6 Å². The Morgan fingerprint density at radius 3 is 2.54 bits per heavy atom. The Bertz CT molecular complexity index is 1070. The van der Waals surface area contributed by atoms with Gasteiger partial charge in [-0.05, 0) is 49.7 Å². The number of hydrogen-bond acceptors (Lipinski definition) is 4. The average Bonchev–Trinajstić information content (AvgIpc) is 3.00. The Labute approximate surface area is 164 Å². The summed E-state index contributed by atoms with van der Waals surface area (Å²) in [5, 5.41) is 2.87. The van der Waals surface area contributed by atoms with E-state index < -0.39 is 10.0 Å². The number of para-hydroxylation sites is 2. The molecule has 1 aromatic heterocycles. The van der Waals surface area contributed by atoms with E-state index in [9.17, 15) is 13.2 Å². The molecule has 3 rings (SSSR count). The van der Waals surface area contributed by atoms with Crippen LogP contribution in [0.4, 0.5) is 0 Å². The van der Waals surface area contributed by atoms with Gasteiger partial charge in [0, 0.05) is 25.2 Å². The van der Waals surface area contributed by atoms with Crippen LogP contribution in [0.5, 0.6) is 0 Å². The molecule has 2 N–H and O–H groups in total. The molecule has 1 amide bonds. The van der Waals surface area contributed by atoms with Crippen molar-refractivity contribution in [3.05, 3.63) is 59.9 Å². The zero-order valence-electron chi connectivity index (χ0n) is 16.0. The van der Waals surface area contributed by atoms with Crippen molar-refractivity contribution in [2.24, 2.45) is 0 Å². The molecule has 1 heterocycles. The lowest BCUT2D eigenvalue weighted by Crippen LogP contribution is -2.26. The number of fused-ring (bicyclic) bond motifs is 1. The molecule has 0 saturated carbocycles. The topological polar surface area (TPSA) is 93.1 Å². The number of nitrogens with zero attached hydrogens (tertiary/aromatic N) is 2. The summed E-state index contributed by atoms with van der Waals surface area (Å²) in [6.07, 6.45) is 0.764. The second-order valence-electron chi connectivity index (χ2n) is 6.43. The highest BCUT2D eigenvalue weighted by molar-refractivity contribution is 7.89. The summed E-state index contributed by atoms with van der Waals surface area (Å²) in [5.41, 5.74) is 2.49. The van der Waals surface area contributed by atoms with Crippen molar-refractivity contribution >= 4 is 27.0 Å². The zero-order valence-corrected chi connectivity index (χ0v) is 16.8. The minimum atomic E-state index is -3.51. The van der Waals surface area contributed by atoms with Gasteiger partial charge in [-0.2, -0.15) is 0 Å². The second kappa shape index (κ2) is 8.53. The van der Waals surface area contributed by atoms with Crippen molar-refractivity contribution in [1.29, 1.82) is 0 Å². The number of aromatic nitrogens is 2. The van der Waals surface area contributed by atoms with E-state index in [-0.39, 0.29) is 10.8 Å². The highest BCUT2D eigenvalue weighted by atomic mass is 32.2. The lowest BCUT2D eigenvalue weighted by molar-refractivity contribution is 0.0952. The molecule has 7 nitrogen and oxygen atoms in total. The zero-order chi connectivity index (χ0) is 20.1. The first kappa shape index (κ1) is 20.0. The fourth-order valence-electron chi connectivity index (χ4n) is 3.08. The normalized spacial score (nSPS) is 11.6. The van der Waals surface area contributed by atoms with Crippen molar-refractivity contribution < 1.29 is 13.2 Å². The van der Waals surface area contributed by atoms with E-state index in [2.05, 4.69) is 19.6 Å². The molecule has 0 aliphatic heterocycles. The van der Waals surface area contributed by atoms with Gasteiger partial charge in [0.05, 0.1) is 15.9 Å². The van der Waals surface area contributed by atoms with Crippen LogP contribution in [0, 0.1) is 6.92 Å². The Morgan fingerprint density at radius 1 is 1.11 bits per heavy atom. The van der Waals surface area contributed by atoms with Crippen molar-refractivity contribution in [2.75, 3.05) is 13.1 Å². The number of amides is 1. The molecule has 0 aliphatic rings. The molecular formula is C20H24N4O3S. The van der Waals surface area contributed by atoms with Gasteiger partial charge in [0.2, 0.25) is 10.0 Å². The van der Waals surface area contributed by atoms with Gasteiger partial charge in [-0.3, -0.25) is 4.79 Å². The smallest absolute Gasteiger partial charge is 0.251 e. The molecular weight excluding hydrogens is 376 g/mol. The molecule has 0 saturated heterocycles. The maximum Gasteiger partial charge on any atom is 0.251 e. The lowest BCUT2D eigenvalue weighted by atomic mass is 10.2. The Balaban J connectivity index is 1.55. The SMILES string of the molecule is CCNS(=O)(=O)c1ccc(C(=O)NCCCn2c(C)nc3ccccc32)cc1. The van der Waals surface area contributed by atoms with Crippen LogP contribution in [0.2, 0.25) is 0 Å². The Kier molecular flexibility index (Phi) is 6.11. The number of rotatable bonds is 8. The molecule has 8 heteroatoms. The summed E-state index contributed by atoms with van der Waals surface area (Å²) in [4.78, 5) is 17.0. The van der Waals surface area contributed by atoms with E-state index >= 15 is 0 Å². The predicted octanol–water partition coefficient (Wildman–Crippen LogP) is 2.46. The van der Waals surface area contributed by atoms with Crippen LogP contribution in [0.25, 0.3) is 11.0 Å². The van der Waals surface area contributed by atoms with Gasteiger partial charge in [0.15, 0.2) is 0 Å². The Hall–Kier alpha value is -2.71. The molecule has 0 bridgehead atoms. The average molecular weight is 401 g/mol. The maximum atomic E-state index is 12.3. The number of sulfonamides is 1. The van der Waals surface area contributed by atoms with Gasteiger partial charge in [-0.1, -0.05) is 19.1 Å². The largest absolute Gasteiger partial charge is 0.352 e. The summed E-state index contributed by atoms with van der Waals surface area (Å²) in [6, 6.07) is 13.9. The predicted molar refractivity (Wildman–Crippen MR) is 109 cm³/mol. The fraction of sp³-hybridized carbons (Fsp3) is 0.300. The second-order valence-corrected chi connectivity index (χ2v) is 8.20. The summed E-state index contributed by atoms with van der Waals surface area (Å²) < 4.78 is 28.4. The number of nitrogens with one attached hydrogen (secondary N) is 2. The van der Waals surface area contributed by atoms with E-state index in [0.717, 1.165) is 29.8 Å². The molecule has 3 aromatic rings. The van der Waals surface area contributed by atoms with Crippen LogP contribution in [0.15, 0.2) is 53.4 Å². The van der Waals surface area contributed by atoms with Crippen molar-refractivity contribution in [3.8, 4) is 0 Å². The van der Waals surface area contributed by atoms with Crippen LogP contribution in [-0.2, 0) is 16.6 Å². The monoisotopic (exact) mass is 400 g/mol. The van der Waals surface area contributed by atoms with Gasteiger partial charge in [0.25, 0.3) is 5.91 Å². The summed E-state index contributed by atoms with van der Waals surface area (Å²) in [6.45, 7) is 5.28. The number of carbonyl (C=O) groups is 1. The van der Waals surface area contributed by atoms with Gasteiger partial charge >= 0.3 is 0 Å². The number of hydrogen-bond donors (Lipinski definition) is 2. The van der Waals surface area contributed by atoms with Crippen molar-refractivity contribution in [3.63, 3.8) is 0 Å². The van der Waals surface area contributed by atoms with E-state index in [1.165, 1.54) is 24.3 Å². The first-order valence-corrected chi connectivity index (χ1v) is 10.7. The summed E-state index contributed by atoms with van der Waals surface area (Å²) >= 11 is 0. The maximum absolute atomic E-state index is 12.3. The first-order valence-electron chi connectivity index (χ1n) is 9.22. The van der Waals surface area contributed by atoms with Crippen LogP contribution >= 0.6 is 0 Å². The van der Waals surface area contributed by atoms with Gasteiger partial charge < -0.3 is 9.88 Å². The quantitative estimate of drug-likeness (QED) is 0.568. The third-order valence-corrected chi connectivity index (χ3v) is 6.01. The number of imidazole rings is 1. The number of aryl methyl sites for hydroxylation is 2. The molecule has 0 aliphatic carbocycles. The standard InChI is InChI=1S/C20H24N4O3S/c1-3-22-28(26,27)17-11-9-16(10-12-17)20(25)21-13-6-14-24-15(2)23-18-7-4-5-8-19(18)24/h4-5,7-12,22H,3,6,13-14H2,1-2H3,(H,21,25).